The van der Waals surface area contributed by atoms with Crippen LogP contribution in [0, 0.1) is 13.8 Å². The molecular weight excluding hydrogens is 558 g/mol. The van der Waals surface area contributed by atoms with Crippen LogP contribution in [0.2, 0.25) is 0 Å². The third-order valence-electron chi connectivity index (χ3n) is 9.63. The minimum Gasteiger partial charge on any atom is -0.468 e. The van der Waals surface area contributed by atoms with Crippen molar-refractivity contribution in [2.75, 3.05) is 7.11 Å². The third kappa shape index (κ3) is 4.55. The Labute approximate surface area is 254 Å². The zero-order chi connectivity index (χ0) is 31.6. The largest absolute Gasteiger partial charge is 0.468 e. The van der Waals surface area contributed by atoms with Crippen molar-refractivity contribution in [3.63, 3.8) is 0 Å². The summed E-state index contributed by atoms with van der Waals surface area (Å²) in [4.78, 5) is 68.8. The summed E-state index contributed by atoms with van der Waals surface area (Å²) in [6.07, 6.45) is 1.85. The van der Waals surface area contributed by atoms with Crippen LogP contribution in [0.25, 0.3) is 22.1 Å². The quantitative estimate of drug-likeness (QED) is 0.193. The Bertz CT molecular complexity index is 1930. The van der Waals surface area contributed by atoms with Crippen LogP contribution in [0.1, 0.15) is 124 Å². The van der Waals surface area contributed by atoms with E-state index in [1.54, 1.807) is 6.92 Å². The second-order valence-electron chi connectivity index (χ2n) is 12.2. The molecule has 10 nitrogen and oxygen atoms in total. The summed E-state index contributed by atoms with van der Waals surface area (Å²) in [6, 6.07) is 5.88. The molecule has 6 rings (SSSR count). The van der Waals surface area contributed by atoms with Gasteiger partial charge in [-0.15, -0.1) is 0 Å². The van der Waals surface area contributed by atoms with Gasteiger partial charge in [-0.25, -0.2) is 0 Å². The van der Waals surface area contributed by atoms with Gasteiger partial charge >= 0.3 is 5.97 Å². The molecule has 228 valence electrons. The molecule has 44 heavy (non-hydrogen) atoms. The summed E-state index contributed by atoms with van der Waals surface area (Å²) in [7, 11) is 1.27. The molecule has 8 bridgehead atoms. The number of fused-ring (bicyclic) bond motifs is 8. The van der Waals surface area contributed by atoms with Gasteiger partial charge in [-0.05, 0) is 69.4 Å². The van der Waals surface area contributed by atoms with Crippen LogP contribution in [-0.4, -0.2) is 50.5 Å². The van der Waals surface area contributed by atoms with Crippen LogP contribution in [0.15, 0.2) is 18.2 Å². The van der Waals surface area contributed by atoms with Gasteiger partial charge < -0.3 is 20.4 Å². The maximum atomic E-state index is 13.9. The molecule has 3 aromatic heterocycles. The number of aromatic nitrogens is 4. The van der Waals surface area contributed by atoms with Gasteiger partial charge in [0.15, 0.2) is 11.6 Å². The molecule has 0 saturated carbocycles. The Hall–Kier alpha value is -4.60. The average molecular weight is 596 g/mol. The van der Waals surface area contributed by atoms with E-state index in [9.17, 15) is 19.2 Å². The number of esters is 1. The molecule has 0 spiro atoms. The summed E-state index contributed by atoms with van der Waals surface area (Å²) in [5, 5.41) is 0. The number of H-pyrrole nitrogens is 2. The predicted octanol–water partition coefficient (Wildman–Crippen LogP) is 5.48. The molecule has 1 amide bonds. The summed E-state index contributed by atoms with van der Waals surface area (Å²) in [6.45, 7) is 9.60. The highest BCUT2D eigenvalue weighted by Gasteiger charge is 2.44. The molecule has 3 aliphatic rings. The molecule has 1 aliphatic carbocycles. The van der Waals surface area contributed by atoms with Gasteiger partial charge in [0.05, 0.1) is 23.8 Å². The van der Waals surface area contributed by atoms with Gasteiger partial charge in [-0.1, -0.05) is 13.8 Å². The summed E-state index contributed by atoms with van der Waals surface area (Å²) in [5.74, 6) is -2.70. The number of Topliss-reactive ketones (excluding diaryl/α,β-unsaturated/α-hetero) is 2. The van der Waals surface area contributed by atoms with Crippen LogP contribution < -0.4 is 5.73 Å². The molecular formula is C34H37N5O5. The van der Waals surface area contributed by atoms with Crippen molar-refractivity contribution in [2.45, 2.75) is 84.0 Å². The fourth-order valence-electron chi connectivity index (χ4n) is 7.34. The first-order chi connectivity index (χ1) is 20.9. The highest BCUT2D eigenvalue weighted by Crippen LogP contribution is 2.45. The standard InChI is InChI=1S/C34H37N5O5/c1-7-20-14(2)22-13-25-27(17(5)40)15(3)21(38-25)11-19-10-18(8-9-26(35)41)31(36-19)29-30(34(43)44-6)33(42)28-16(4)23(39-32(28)29)12-24(20)37-22/h11-14,18,20,30,38-39H,7-10H2,1-6H3,(H2,35,41)/t14-,18+,20-,30?/m1/s1. The van der Waals surface area contributed by atoms with Crippen LogP contribution in [0.5, 0.6) is 0 Å². The van der Waals surface area contributed by atoms with E-state index in [1.807, 2.05) is 32.0 Å². The molecule has 3 aromatic rings. The van der Waals surface area contributed by atoms with E-state index < -0.39 is 17.8 Å². The first-order valence-electron chi connectivity index (χ1n) is 15.1. The molecule has 5 heterocycles. The topological polar surface area (TPSA) is 161 Å². The number of ether oxygens (including phenoxy) is 1. The first-order valence-corrected chi connectivity index (χ1v) is 15.1. The normalized spacial score (nSPS) is 20.6. The lowest BCUT2D eigenvalue weighted by Gasteiger charge is -2.14. The fraction of sp³-hybridized carbons (Fsp3) is 0.412. The molecule has 4 N–H and O–H groups in total. The first kappa shape index (κ1) is 29.5. The van der Waals surface area contributed by atoms with Gasteiger partial charge in [-0.3, -0.25) is 29.1 Å². The van der Waals surface area contributed by atoms with Crippen LogP contribution in [0.4, 0.5) is 0 Å². The van der Waals surface area contributed by atoms with Crippen LogP contribution in [-0.2, 0) is 20.7 Å². The number of hydrogen-bond donors (Lipinski definition) is 3. The number of nitrogens with two attached hydrogens (primary N) is 1. The molecule has 4 atom stereocenters. The number of nitrogens with zero attached hydrogens (tertiary/aromatic N) is 2. The van der Waals surface area contributed by atoms with Gasteiger partial charge in [0.25, 0.3) is 0 Å². The smallest absolute Gasteiger partial charge is 0.321 e. The van der Waals surface area contributed by atoms with E-state index in [0.29, 0.717) is 52.0 Å². The summed E-state index contributed by atoms with van der Waals surface area (Å²) < 4.78 is 5.12. The van der Waals surface area contributed by atoms with Crippen LogP contribution in [0.3, 0.4) is 0 Å². The molecule has 1 unspecified atom stereocenters. The Morgan fingerprint density at radius 2 is 1.73 bits per heavy atom. The Morgan fingerprint density at radius 1 is 1.02 bits per heavy atom. The molecule has 0 saturated heterocycles. The number of ketones is 2. The number of hydrogen-bond acceptors (Lipinski definition) is 7. The maximum Gasteiger partial charge on any atom is 0.321 e. The van der Waals surface area contributed by atoms with Gasteiger partial charge in [0.2, 0.25) is 5.91 Å². The van der Waals surface area contributed by atoms with E-state index >= 15 is 0 Å². The highest BCUT2D eigenvalue weighted by atomic mass is 16.5. The van der Waals surface area contributed by atoms with E-state index in [0.717, 1.165) is 40.0 Å². The number of carbonyl (C=O) groups excluding carboxylic acids is 4. The second-order valence-corrected chi connectivity index (χ2v) is 12.2. The number of carbonyl (C=O) groups is 4. The van der Waals surface area contributed by atoms with Crippen molar-refractivity contribution in [1.29, 1.82) is 0 Å². The average Bonchev–Trinajstić information content (AvgIpc) is 3.73. The van der Waals surface area contributed by atoms with Crippen molar-refractivity contribution in [1.82, 2.24) is 19.9 Å². The Balaban J connectivity index is 1.78. The lowest BCUT2D eigenvalue weighted by Crippen LogP contribution is -2.21. The van der Waals surface area contributed by atoms with E-state index in [1.165, 1.54) is 7.11 Å². The number of nitrogens with one attached hydrogen (secondary N) is 2. The van der Waals surface area contributed by atoms with E-state index in [-0.39, 0.29) is 35.7 Å². The zero-order valence-corrected chi connectivity index (χ0v) is 25.9. The van der Waals surface area contributed by atoms with E-state index in [4.69, 9.17) is 20.4 Å². The maximum absolute atomic E-state index is 13.9. The second kappa shape index (κ2) is 10.8. The lowest BCUT2D eigenvalue weighted by molar-refractivity contribution is -0.141. The summed E-state index contributed by atoms with van der Waals surface area (Å²) >= 11 is 0. The van der Waals surface area contributed by atoms with Crippen molar-refractivity contribution in [3.05, 3.63) is 68.8 Å². The van der Waals surface area contributed by atoms with Crippen molar-refractivity contribution < 1.29 is 23.9 Å². The Morgan fingerprint density at radius 3 is 2.39 bits per heavy atom. The molecule has 0 fully saturated rings. The summed E-state index contributed by atoms with van der Waals surface area (Å²) in [5.41, 5.74) is 14.4. The highest BCUT2D eigenvalue weighted by molar-refractivity contribution is 6.23. The van der Waals surface area contributed by atoms with Crippen molar-refractivity contribution >= 4 is 45.5 Å². The number of rotatable bonds is 6. The number of aromatic amines is 2. The SMILES string of the molecule is CC[C@H]1c2cc3[nH]c4c(c3C)C(=O)C(C(=O)OC)c4c3nc(cc4[nH]c(cc(n2)[C@@H]1C)c(C(C)=O)c4C)C[C@@H]3CCC(N)=O. The fourth-order valence-corrected chi connectivity index (χ4v) is 7.34. The molecule has 0 radical (unpaired) electrons. The van der Waals surface area contributed by atoms with Crippen molar-refractivity contribution in [3.8, 4) is 0 Å². The lowest BCUT2D eigenvalue weighted by atomic mass is 9.89. The number of primary amides is 1. The Kier molecular flexibility index (Phi) is 7.26. The predicted molar refractivity (Wildman–Crippen MR) is 166 cm³/mol. The molecule has 10 heteroatoms. The minimum absolute atomic E-state index is 0.0562. The number of methoxy groups -OCH3 is 1. The van der Waals surface area contributed by atoms with Gasteiger partial charge in [0, 0.05) is 69.0 Å². The van der Waals surface area contributed by atoms with Crippen molar-refractivity contribution in [2.24, 2.45) is 5.73 Å². The third-order valence-corrected chi connectivity index (χ3v) is 9.63. The number of amides is 1. The van der Waals surface area contributed by atoms with Crippen LogP contribution >= 0.6 is 0 Å². The monoisotopic (exact) mass is 595 g/mol. The van der Waals surface area contributed by atoms with Gasteiger partial charge in [-0.2, -0.15) is 0 Å². The number of aryl methyl sites for hydroxylation is 2. The molecule has 0 aromatic carbocycles. The van der Waals surface area contributed by atoms with E-state index in [2.05, 4.69) is 23.8 Å². The minimum atomic E-state index is -1.17. The van der Waals surface area contributed by atoms with Gasteiger partial charge in [0.1, 0.15) is 5.92 Å². The zero-order valence-electron chi connectivity index (χ0n) is 25.9. The molecule has 2 aliphatic heterocycles.